The van der Waals surface area contributed by atoms with Crippen LogP contribution in [-0.4, -0.2) is 27.8 Å². The van der Waals surface area contributed by atoms with Gasteiger partial charge in [-0.3, -0.25) is 4.79 Å². The average Bonchev–Trinajstić information content (AvgIpc) is 3.20. The number of anilines is 1. The van der Waals surface area contributed by atoms with Crippen LogP contribution in [-0.2, 0) is 0 Å². The minimum Gasteiger partial charge on any atom is -0.495 e. The number of hydrogen-bond donors (Lipinski definition) is 1. The molecule has 0 saturated carbocycles. The van der Waals surface area contributed by atoms with Crippen LogP contribution in [0.4, 0.5) is 5.69 Å². The monoisotopic (exact) mass is 398 g/mol. The van der Waals surface area contributed by atoms with E-state index in [2.05, 4.69) is 15.4 Å². The lowest BCUT2D eigenvalue weighted by Crippen LogP contribution is -2.15. The molecule has 0 aliphatic heterocycles. The summed E-state index contributed by atoms with van der Waals surface area (Å²) in [6.45, 7) is 4.03. The van der Waals surface area contributed by atoms with Gasteiger partial charge in [0, 0.05) is 5.56 Å². The fourth-order valence-electron chi connectivity index (χ4n) is 3.27. The van der Waals surface area contributed by atoms with E-state index in [1.165, 1.54) is 0 Å². The zero-order valence-corrected chi connectivity index (χ0v) is 17.1. The number of carbonyl (C=O) groups excluding carboxylic acids is 1. The van der Waals surface area contributed by atoms with Crippen molar-refractivity contribution >= 4 is 11.6 Å². The summed E-state index contributed by atoms with van der Waals surface area (Å²) in [7, 11) is 1.56. The maximum Gasteiger partial charge on any atom is 0.295 e. The summed E-state index contributed by atoms with van der Waals surface area (Å²) in [5.74, 6) is 0.864. The first kappa shape index (κ1) is 19.4. The van der Waals surface area contributed by atoms with Crippen LogP contribution in [0.2, 0.25) is 0 Å². The summed E-state index contributed by atoms with van der Waals surface area (Å²) >= 11 is 0. The lowest BCUT2D eigenvalue weighted by Gasteiger charge is -2.09. The highest BCUT2D eigenvalue weighted by atomic mass is 16.5. The van der Waals surface area contributed by atoms with Gasteiger partial charge in [-0.1, -0.05) is 54.1 Å². The number of rotatable bonds is 5. The standard InChI is InChI=1S/C24H22N4O2/c1-16-9-8-11-18(15-16)23-26-22(27-28(23)20-13-6-4-10-17(20)2)24(29)25-19-12-5-7-14-21(19)30-3/h4-15H,1-3H3,(H,25,29). The molecule has 150 valence electrons. The molecule has 3 aromatic carbocycles. The van der Waals surface area contributed by atoms with Crippen molar-refractivity contribution in [2.75, 3.05) is 12.4 Å². The number of ether oxygens (including phenoxy) is 1. The molecule has 30 heavy (non-hydrogen) atoms. The first-order valence-electron chi connectivity index (χ1n) is 9.61. The topological polar surface area (TPSA) is 69.0 Å². The van der Waals surface area contributed by atoms with Gasteiger partial charge < -0.3 is 10.1 Å². The van der Waals surface area contributed by atoms with Gasteiger partial charge in [0.15, 0.2) is 5.82 Å². The molecule has 4 rings (SSSR count). The van der Waals surface area contributed by atoms with E-state index in [9.17, 15) is 4.79 Å². The maximum atomic E-state index is 13.0. The molecule has 0 unspecified atom stereocenters. The van der Waals surface area contributed by atoms with Gasteiger partial charge in [0.1, 0.15) is 5.75 Å². The Morgan fingerprint density at radius 3 is 2.50 bits per heavy atom. The fraction of sp³-hybridized carbons (Fsp3) is 0.125. The van der Waals surface area contributed by atoms with Crippen molar-refractivity contribution in [1.29, 1.82) is 0 Å². The molecule has 1 aromatic heterocycles. The second-order valence-electron chi connectivity index (χ2n) is 6.98. The average molecular weight is 398 g/mol. The van der Waals surface area contributed by atoms with Crippen LogP contribution in [0.25, 0.3) is 17.1 Å². The molecule has 1 N–H and O–H groups in total. The fourth-order valence-corrected chi connectivity index (χ4v) is 3.27. The summed E-state index contributed by atoms with van der Waals surface area (Å²) in [5, 5.41) is 7.40. The second-order valence-corrected chi connectivity index (χ2v) is 6.98. The van der Waals surface area contributed by atoms with E-state index in [0.717, 1.165) is 22.4 Å². The molecule has 4 aromatic rings. The Morgan fingerprint density at radius 2 is 1.73 bits per heavy atom. The highest BCUT2D eigenvalue weighted by Gasteiger charge is 2.20. The number of benzene rings is 3. The Labute approximate surface area is 175 Å². The molecule has 0 bridgehead atoms. The van der Waals surface area contributed by atoms with Crippen LogP contribution in [0, 0.1) is 13.8 Å². The van der Waals surface area contributed by atoms with Gasteiger partial charge in [-0.25, -0.2) is 9.67 Å². The quantitative estimate of drug-likeness (QED) is 0.524. The number of aromatic nitrogens is 3. The molecule has 0 aliphatic carbocycles. The van der Waals surface area contributed by atoms with Gasteiger partial charge in [-0.05, 0) is 43.7 Å². The molecule has 1 heterocycles. The number of aryl methyl sites for hydroxylation is 2. The predicted octanol–water partition coefficient (Wildman–Crippen LogP) is 4.81. The highest BCUT2D eigenvalue weighted by molar-refractivity contribution is 6.02. The van der Waals surface area contributed by atoms with Crippen LogP contribution in [0.1, 0.15) is 21.7 Å². The summed E-state index contributed by atoms with van der Waals surface area (Å²) in [5.41, 5.74) is 4.47. The number of carbonyl (C=O) groups is 1. The van der Waals surface area contributed by atoms with Crippen molar-refractivity contribution < 1.29 is 9.53 Å². The van der Waals surface area contributed by atoms with Gasteiger partial charge in [-0.2, -0.15) is 0 Å². The van der Waals surface area contributed by atoms with Crippen LogP contribution in [0.5, 0.6) is 5.75 Å². The van der Waals surface area contributed by atoms with E-state index >= 15 is 0 Å². The Morgan fingerprint density at radius 1 is 0.967 bits per heavy atom. The summed E-state index contributed by atoms with van der Waals surface area (Å²) in [6.07, 6.45) is 0. The molecule has 6 heteroatoms. The lowest BCUT2D eigenvalue weighted by atomic mass is 10.1. The van der Waals surface area contributed by atoms with Crippen LogP contribution < -0.4 is 10.1 Å². The van der Waals surface area contributed by atoms with E-state index < -0.39 is 5.91 Å². The third-order valence-electron chi connectivity index (χ3n) is 4.79. The number of nitrogens with one attached hydrogen (secondary N) is 1. The predicted molar refractivity (Wildman–Crippen MR) is 117 cm³/mol. The van der Waals surface area contributed by atoms with Crippen LogP contribution in [0.15, 0.2) is 72.8 Å². The van der Waals surface area contributed by atoms with E-state index in [1.807, 2.05) is 74.5 Å². The van der Waals surface area contributed by atoms with Crippen molar-refractivity contribution in [3.8, 4) is 22.8 Å². The van der Waals surface area contributed by atoms with Gasteiger partial charge in [0.2, 0.25) is 5.82 Å². The van der Waals surface area contributed by atoms with Crippen molar-refractivity contribution in [3.63, 3.8) is 0 Å². The SMILES string of the molecule is COc1ccccc1NC(=O)c1nc(-c2cccc(C)c2)n(-c2ccccc2C)n1. The number of nitrogens with zero attached hydrogens (tertiary/aromatic N) is 3. The maximum absolute atomic E-state index is 13.0. The number of hydrogen-bond acceptors (Lipinski definition) is 4. The van der Waals surface area contributed by atoms with Gasteiger partial charge in [0.05, 0.1) is 18.5 Å². The molecular formula is C24H22N4O2. The van der Waals surface area contributed by atoms with Gasteiger partial charge in [0.25, 0.3) is 5.91 Å². The largest absolute Gasteiger partial charge is 0.495 e. The third kappa shape index (κ3) is 3.80. The molecule has 1 amide bonds. The summed E-state index contributed by atoms with van der Waals surface area (Å²) < 4.78 is 7.04. The zero-order valence-electron chi connectivity index (χ0n) is 17.1. The number of para-hydroxylation sites is 3. The van der Waals surface area contributed by atoms with Crippen molar-refractivity contribution in [2.45, 2.75) is 13.8 Å². The molecular weight excluding hydrogens is 376 g/mol. The lowest BCUT2D eigenvalue weighted by molar-refractivity contribution is 0.101. The van der Waals surface area contributed by atoms with Gasteiger partial charge in [-0.15, -0.1) is 5.10 Å². The highest BCUT2D eigenvalue weighted by Crippen LogP contribution is 2.26. The number of amides is 1. The van der Waals surface area contributed by atoms with Crippen molar-refractivity contribution in [1.82, 2.24) is 14.8 Å². The molecule has 6 nitrogen and oxygen atoms in total. The van der Waals surface area contributed by atoms with Crippen LogP contribution >= 0.6 is 0 Å². The zero-order chi connectivity index (χ0) is 21.1. The summed E-state index contributed by atoms with van der Waals surface area (Å²) in [6, 6.07) is 23.1. The van der Waals surface area contributed by atoms with E-state index in [0.29, 0.717) is 17.3 Å². The molecule has 0 fully saturated rings. The minimum absolute atomic E-state index is 0.0839. The first-order chi connectivity index (χ1) is 14.6. The Balaban J connectivity index is 1.79. The van der Waals surface area contributed by atoms with Crippen molar-refractivity contribution in [3.05, 3.63) is 89.7 Å². The van der Waals surface area contributed by atoms with E-state index in [-0.39, 0.29) is 5.82 Å². The third-order valence-corrected chi connectivity index (χ3v) is 4.79. The molecule has 0 aliphatic rings. The molecule has 0 saturated heterocycles. The molecule has 0 spiro atoms. The van der Waals surface area contributed by atoms with Gasteiger partial charge >= 0.3 is 0 Å². The Kier molecular flexibility index (Phi) is 5.30. The van der Waals surface area contributed by atoms with Crippen LogP contribution in [0.3, 0.4) is 0 Å². The Bertz CT molecular complexity index is 1210. The van der Waals surface area contributed by atoms with E-state index in [4.69, 9.17) is 4.74 Å². The second kappa shape index (κ2) is 8.21. The molecule has 0 atom stereocenters. The Hall–Kier alpha value is -3.93. The summed E-state index contributed by atoms with van der Waals surface area (Å²) in [4.78, 5) is 17.5. The van der Waals surface area contributed by atoms with Crippen molar-refractivity contribution in [2.24, 2.45) is 0 Å². The molecule has 0 radical (unpaired) electrons. The minimum atomic E-state index is -0.402. The van der Waals surface area contributed by atoms with E-state index in [1.54, 1.807) is 23.9 Å². The first-order valence-corrected chi connectivity index (χ1v) is 9.61. The normalized spacial score (nSPS) is 10.6. The number of methoxy groups -OCH3 is 1. The smallest absolute Gasteiger partial charge is 0.295 e.